The van der Waals surface area contributed by atoms with Gasteiger partial charge >= 0.3 is 5.97 Å². The van der Waals surface area contributed by atoms with Crippen molar-refractivity contribution in [3.05, 3.63) is 119 Å². The highest BCUT2D eigenvalue weighted by atomic mass is 32.2. The number of benzene rings is 4. The Kier molecular flexibility index (Phi) is 12.0. The van der Waals surface area contributed by atoms with Crippen LogP contribution in [0.3, 0.4) is 0 Å². The van der Waals surface area contributed by atoms with E-state index in [-0.39, 0.29) is 30.6 Å². The molecule has 250 valence electrons. The van der Waals surface area contributed by atoms with E-state index in [1.54, 1.807) is 18.7 Å². The van der Waals surface area contributed by atoms with Crippen LogP contribution in [0.5, 0.6) is 0 Å². The maximum absolute atomic E-state index is 12.3. The van der Waals surface area contributed by atoms with E-state index in [4.69, 9.17) is 14.2 Å². The Morgan fingerprint density at radius 3 is 2.25 bits per heavy atom. The lowest BCUT2D eigenvalue weighted by Gasteiger charge is -2.36. The highest BCUT2D eigenvalue weighted by Gasteiger charge is 2.32. The molecule has 0 unspecified atom stereocenters. The van der Waals surface area contributed by atoms with Crippen LogP contribution in [-0.4, -0.2) is 40.9 Å². The minimum Gasteiger partial charge on any atom is -0.453 e. The molecule has 1 fully saturated rings. The molecule has 0 saturated carbocycles. The number of aliphatic hydroxyl groups excluding tert-OH is 1. The fraction of sp³-hybridized carbons (Fsp3) is 0.289. The molecule has 0 radical (unpaired) electrons. The lowest BCUT2D eigenvalue weighted by Crippen LogP contribution is -2.35. The van der Waals surface area contributed by atoms with Gasteiger partial charge in [-0.1, -0.05) is 66.7 Å². The molecule has 4 aromatic rings. The van der Waals surface area contributed by atoms with Gasteiger partial charge in [0.05, 0.1) is 18.8 Å². The number of anilines is 1. The van der Waals surface area contributed by atoms with Crippen molar-refractivity contribution in [2.75, 3.05) is 11.1 Å². The van der Waals surface area contributed by atoms with Crippen LogP contribution in [-0.2, 0) is 41.7 Å². The van der Waals surface area contributed by atoms with Crippen LogP contribution in [0.2, 0.25) is 0 Å². The normalized spacial score (nSPS) is 18.0. The standard InChI is InChI=1S/C38H40N2O7S/c1-24(45-26(3)43)37(44)39-21-28-5-4-6-32(19-28)29-11-13-31(14-12-29)38-46-34(20-36(47-38)30-9-7-27(22-41)8-10-30)23-48-35-17-15-33(16-18-35)40-25(2)42/h4-19,24,34,36,38,41H,20-23H2,1-3H3,(H,39,44)(H,40,42)/t24-,34+,36-,38-/m0/s1. The molecule has 5 rings (SSSR count). The van der Waals surface area contributed by atoms with Crippen molar-refractivity contribution in [2.45, 2.75) is 69.8 Å². The third kappa shape index (κ3) is 9.77. The molecule has 10 heteroatoms. The van der Waals surface area contributed by atoms with Gasteiger partial charge in [0, 0.05) is 48.7 Å². The Bertz CT molecular complexity index is 1690. The molecule has 0 spiro atoms. The largest absolute Gasteiger partial charge is 0.453 e. The summed E-state index contributed by atoms with van der Waals surface area (Å²) in [7, 11) is 0. The number of carbonyl (C=O) groups is 3. The second kappa shape index (κ2) is 16.6. The number of carbonyl (C=O) groups excluding carboxylic acids is 3. The molecule has 4 aromatic carbocycles. The molecule has 0 bridgehead atoms. The minimum atomic E-state index is -0.858. The molecular formula is C38H40N2O7S. The quantitative estimate of drug-likeness (QED) is 0.113. The number of hydrogen-bond acceptors (Lipinski definition) is 8. The highest BCUT2D eigenvalue weighted by Crippen LogP contribution is 2.40. The van der Waals surface area contributed by atoms with Crippen LogP contribution in [0.25, 0.3) is 11.1 Å². The molecule has 1 aliphatic rings. The molecule has 0 aliphatic carbocycles. The number of ether oxygens (including phenoxy) is 3. The summed E-state index contributed by atoms with van der Waals surface area (Å²) in [5.41, 5.74) is 6.43. The van der Waals surface area contributed by atoms with Crippen molar-refractivity contribution >= 4 is 35.2 Å². The average molecular weight is 669 g/mol. The zero-order valence-electron chi connectivity index (χ0n) is 27.2. The minimum absolute atomic E-state index is 0.0172. The molecular weight excluding hydrogens is 628 g/mol. The number of esters is 1. The number of hydrogen-bond donors (Lipinski definition) is 3. The predicted octanol–water partition coefficient (Wildman–Crippen LogP) is 6.71. The first kappa shape index (κ1) is 34.8. The molecule has 1 heterocycles. The van der Waals surface area contributed by atoms with Gasteiger partial charge in [-0.3, -0.25) is 14.4 Å². The Labute approximate surface area is 285 Å². The first-order valence-electron chi connectivity index (χ1n) is 15.8. The molecule has 4 atom stereocenters. The monoisotopic (exact) mass is 668 g/mol. The number of amides is 2. The summed E-state index contributed by atoms with van der Waals surface area (Å²) in [5, 5.41) is 15.1. The lowest BCUT2D eigenvalue weighted by atomic mass is 9.99. The van der Waals surface area contributed by atoms with E-state index in [0.29, 0.717) is 18.7 Å². The van der Waals surface area contributed by atoms with Crippen molar-refractivity contribution in [3.8, 4) is 11.1 Å². The van der Waals surface area contributed by atoms with Gasteiger partial charge in [0.25, 0.3) is 5.91 Å². The van der Waals surface area contributed by atoms with Gasteiger partial charge in [-0.2, -0.15) is 0 Å². The third-order valence-electron chi connectivity index (χ3n) is 7.85. The summed E-state index contributed by atoms with van der Waals surface area (Å²) in [6.07, 6.45) is -1.06. The van der Waals surface area contributed by atoms with Crippen molar-refractivity contribution in [1.82, 2.24) is 5.32 Å². The van der Waals surface area contributed by atoms with Crippen molar-refractivity contribution in [1.29, 1.82) is 0 Å². The number of thioether (sulfide) groups is 1. The Balaban J connectivity index is 1.27. The summed E-state index contributed by atoms with van der Waals surface area (Å²) < 4.78 is 18.0. The van der Waals surface area contributed by atoms with Gasteiger partial charge in [0.15, 0.2) is 12.4 Å². The van der Waals surface area contributed by atoms with Crippen molar-refractivity contribution in [3.63, 3.8) is 0 Å². The molecule has 2 amide bonds. The fourth-order valence-corrected chi connectivity index (χ4v) is 6.30. The topological polar surface area (TPSA) is 123 Å². The number of rotatable bonds is 12. The van der Waals surface area contributed by atoms with E-state index < -0.39 is 18.4 Å². The molecule has 48 heavy (non-hydrogen) atoms. The Morgan fingerprint density at radius 1 is 0.875 bits per heavy atom. The first-order chi connectivity index (χ1) is 23.2. The van der Waals surface area contributed by atoms with Crippen LogP contribution in [0, 0.1) is 0 Å². The highest BCUT2D eigenvalue weighted by molar-refractivity contribution is 7.99. The summed E-state index contributed by atoms with van der Waals surface area (Å²) in [5.74, 6) is -0.246. The molecule has 0 aromatic heterocycles. The molecule has 9 nitrogen and oxygen atoms in total. The SMILES string of the molecule is CC(=O)Nc1ccc(SC[C@H]2C[C@@H](c3ccc(CO)cc3)O[C@@H](c3ccc(-c4cccc(CNC(=O)[C@H](C)OC(C)=O)c4)cc3)O2)cc1. The third-order valence-corrected chi connectivity index (χ3v) is 8.99. The van der Waals surface area contributed by atoms with Gasteiger partial charge in [-0.05, 0) is 65.1 Å². The maximum Gasteiger partial charge on any atom is 0.303 e. The van der Waals surface area contributed by atoms with Crippen molar-refractivity contribution < 1.29 is 33.7 Å². The van der Waals surface area contributed by atoms with Gasteiger partial charge < -0.3 is 30.0 Å². The smallest absolute Gasteiger partial charge is 0.303 e. The van der Waals surface area contributed by atoms with E-state index in [1.807, 2.05) is 97.1 Å². The van der Waals surface area contributed by atoms with Crippen LogP contribution in [0.15, 0.2) is 102 Å². The molecule has 1 saturated heterocycles. The van der Waals surface area contributed by atoms with E-state index >= 15 is 0 Å². The van der Waals surface area contributed by atoms with Gasteiger partial charge in [0.1, 0.15) is 0 Å². The summed E-state index contributed by atoms with van der Waals surface area (Å²) >= 11 is 1.69. The second-order valence-electron chi connectivity index (χ2n) is 11.7. The van der Waals surface area contributed by atoms with Crippen LogP contribution in [0.1, 0.15) is 61.8 Å². The van der Waals surface area contributed by atoms with E-state index in [2.05, 4.69) is 10.6 Å². The van der Waals surface area contributed by atoms with Crippen LogP contribution in [0.4, 0.5) is 5.69 Å². The van der Waals surface area contributed by atoms with Crippen LogP contribution < -0.4 is 10.6 Å². The zero-order valence-corrected chi connectivity index (χ0v) is 28.0. The van der Waals surface area contributed by atoms with E-state index in [0.717, 1.165) is 44.0 Å². The van der Waals surface area contributed by atoms with E-state index in [1.165, 1.54) is 13.8 Å². The Morgan fingerprint density at radius 2 is 1.58 bits per heavy atom. The van der Waals surface area contributed by atoms with Gasteiger partial charge in [0.2, 0.25) is 5.91 Å². The van der Waals surface area contributed by atoms with E-state index in [9.17, 15) is 19.5 Å². The summed E-state index contributed by atoms with van der Waals surface area (Å²) in [4.78, 5) is 35.9. The van der Waals surface area contributed by atoms with Crippen LogP contribution >= 0.6 is 11.8 Å². The fourth-order valence-electron chi connectivity index (χ4n) is 5.38. The number of aliphatic hydroxyl groups is 1. The predicted molar refractivity (Wildman–Crippen MR) is 185 cm³/mol. The molecule has 1 aliphatic heterocycles. The first-order valence-corrected chi connectivity index (χ1v) is 16.8. The second-order valence-corrected chi connectivity index (χ2v) is 12.8. The van der Waals surface area contributed by atoms with Gasteiger partial charge in [-0.25, -0.2) is 0 Å². The van der Waals surface area contributed by atoms with Gasteiger partial charge in [-0.15, -0.1) is 11.8 Å². The summed E-state index contributed by atoms with van der Waals surface area (Å²) in [6, 6.07) is 31.6. The number of nitrogens with one attached hydrogen (secondary N) is 2. The molecule has 3 N–H and O–H groups in total. The zero-order chi connectivity index (χ0) is 34.0. The maximum atomic E-state index is 12.3. The van der Waals surface area contributed by atoms with Crippen molar-refractivity contribution in [2.24, 2.45) is 0 Å². The lowest BCUT2D eigenvalue weighted by molar-refractivity contribution is -0.245. The average Bonchev–Trinajstić information content (AvgIpc) is 3.10. The Hall–Kier alpha value is -4.48. The summed E-state index contributed by atoms with van der Waals surface area (Å²) in [6.45, 7) is 4.59.